The highest BCUT2D eigenvalue weighted by atomic mass is 32.2. The van der Waals surface area contributed by atoms with Gasteiger partial charge < -0.3 is 19.9 Å². The minimum absolute atomic E-state index is 0.0417. The summed E-state index contributed by atoms with van der Waals surface area (Å²) in [5, 5.41) is 2.92. The summed E-state index contributed by atoms with van der Waals surface area (Å²) in [7, 11) is -1.31. The van der Waals surface area contributed by atoms with Gasteiger partial charge in [0.15, 0.2) is 15.9 Å². The van der Waals surface area contributed by atoms with E-state index >= 15 is 0 Å². The highest BCUT2D eigenvalue weighted by molar-refractivity contribution is 7.91. The Hall–Kier alpha value is -1.80. The molecule has 1 amide bonds. The minimum atomic E-state index is -2.97. The molecule has 0 unspecified atom stereocenters. The van der Waals surface area contributed by atoms with E-state index in [0.29, 0.717) is 6.42 Å². The van der Waals surface area contributed by atoms with E-state index in [4.69, 9.17) is 4.74 Å². The number of hydrogen-bond donors (Lipinski definition) is 2. The van der Waals surface area contributed by atoms with Crippen molar-refractivity contribution in [1.82, 2.24) is 5.32 Å². The van der Waals surface area contributed by atoms with Gasteiger partial charge in [0.2, 0.25) is 0 Å². The molecule has 2 aliphatic rings. The fraction of sp³-hybridized carbons (Fsp3) is 0.611. The molecule has 0 spiro atoms. The first-order valence-corrected chi connectivity index (χ1v) is 10.9. The molecule has 144 valence electrons. The van der Waals surface area contributed by atoms with Gasteiger partial charge in [0.05, 0.1) is 44.8 Å². The Morgan fingerprint density at radius 2 is 1.92 bits per heavy atom. The zero-order chi connectivity index (χ0) is 18.7. The number of methoxy groups -OCH3 is 1. The minimum Gasteiger partial charge on any atom is -0.497 e. The number of hydrogen-bond acceptors (Lipinski definition) is 5. The standard InChI is InChI=1S/C18H27N3O4S/c1-14(18(22)19-15-7-12-26(23,24)13-15)20-8-10-21(11-9-20)16-3-5-17(25-2)6-4-16/h3-6,14-15H,7-13H2,1-2H3,(H,19,22)/p+1/t14-,15+/m0/s1. The van der Waals surface area contributed by atoms with E-state index < -0.39 is 9.84 Å². The Labute approximate surface area is 155 Å². The lowest BCUT2D eigenvalue weighted by molar-refractivity contribution is -0.914. The third-order valence-corrected chi connectivity index (χ3v) is 7.20. The maximum atomic E-state index is 12.5. The maximum absolute atomic E-state index is 12.5. The van der Waals surface area contributed by atoms with Crippen molar-refractivity contribution in [3.63, 3.8) is 0 Å². The number of amides is 1. The van der Waals surface area contributed by atoms with Gasteiger partial charge in [-0.05, 0) is 37.6 Å². The number of benzene rings is 1. The molecule has 2 heterocycles. The van der Waals surface area contributed by atoms with E-state index in [9.17, 15) is 13.2 Å². The number of ether oxygens (including phenoxy) is 1. The van der Waals surface area contributed by atoms with Crippen LogP contribution in [0.2, 0.25) is 0 Å². The second kappa shape index (κ2) is 7.84. The van der Waals surface area contributed by atoms with Crippen LogP contribution in [0.5, 0.6) is 5.75 Å². The smallest absolute Gasteiger partial charge is 0.278 e. The summed E-state index contributed by atoms with van der Waals surface area (Å²) >= 11 is 0. The summed E-state index contributed by atoms with van der Waals surface area (Å²) in [4.78, 5) is 16.0. The van der Waals surface area contributed by atoms with Crippen LogP contribution in [-0.2, 0) is 14.6 Å². The molecular weight excluding hydrogens is 354 g/mol. The fourth-order valence-corrected chi connectivity index (χ4v) is 5.37. The summed E-state index contributed by atoms with van der Waals surface area (Å²) in [6, 6.07) is 7.63. The molecule has 1 aromatic rings. The second-order valence-electron chi connectivity index (χ2n) is 7.17. The number of rotatable bonds is 5. The first-order valence-electron chi connectivity index (χ1n) is 9.12. The number of piperazine rings is 1. The zero-order valence-corrected chi connectivity index (χ0v) is 16.2. The van der Waals surface area contributed by atoms with E-state index in [2.05, 4.69) is 22.3 Å². The molecule has 8 heteroatoms. The van der Waals surface area contributed by atoms with Crippen LogP contribution in [0.25, 0.3) is 0 Å². The molecule has 2 saturated heterocycles. The van der Waals surface area contributed by atoms with Crippen LogP contribution in [0.1, 0.15) is 13.3 Å². The van der Waals surface area contributed by atoms with Crippen LogP contribution in [-0.4, -0.2) is 71.2 Å². The lowest BCUT2D eigenvalue weighted by Crippen LogP contribution is -3.19. The molecule has 2 fully saturated rings. The van der Waals surface area contributed by atoms with Crippen LogP contribution in [0.15, 0.2) is 24.3 Å². The number of carbonyl (C=O) groups is 1. The highest BCUT2D eigenvalue weighted by Crippen LogP contribution is 2.19. The third kappa shape index (κ3) is 4.48. The average molecular weight is 383 g/mol. The molecule has 2 N–H and O–H groups in total. The van der Waals surface area contributed by atoms with Crippen molar-refractivity contribution in [1.29, 1.82) is 0 Å². The quantitative estimate of drug-likeness (QED) is 0.689. The van der Waals surface area contributed by atoms with Gasteiger partial charge >= 0.3 is 0 Å². The van der Waals surface area contributed by atoms with Crippen molar-refractivity contribution in [3.05, 3.63) is 24.3 Å². The van der Waals surface area contributed by atoms with Crippen molar-refractivity contribution in [2.75, 3.05) is 49.7 Å². The average Bonchev–Trinajstić information content (AvgIpc) is 2.99. The first-order chi connectivity index (χ1) is 12.4. The molecule has 0 aromatic heterocycles. The Balaban J connectivity index is 1.49. The fourth-order valence-electron chi connectivity index (χ4n) is 3.70. The van der Waals surface area contributed by atoms with Crippen molar-refractivity contribution < 1.29 is 22.8 Å². The maximum Gasteiger partial charge on any atom is 0.278 e. The molecule has 3 rings (SSSR count). The van der Waals surface area contributed by atoms with E-state index in [1.54, 1.807) is 7.11 Å². The van der Waals surface area contributed by atoms with Crippen LogP contribution in [0, 0.1) is 0 Å². The summed E-state index contributed by atoms with van der Waals surface area (Å²) < 4.78 is 28.3. The summed E-state index contributed by atoms with van der Waals surface area (Å²) in [6.45, 7) is 5.46. The number of carbonyl (C=O) groups excluding carboxylic acids is 1. The number of nitrogens with one attached hydrogen (secondary N) is 2. The zero-order valence-electron chi connectivity index (χ0n) is 15.4. The Kier molecular flexibility index (Phi) is 5.72. The molecule has 7 nitrogen and oxygen atoms in total. The van der Waals surface area contributed by atoms with E-state index in [1.807, 2.05) is 19.1 Å². The van der Waals surface area contributed by atoms with Crippen molar-refractivity contribution in [2.45, 2.75) is 25.4 Å². The van der Waals surface area contributed by atoms with Gasteiger partial charge in [-0.15, -0.1) is 0 Å². The SMILES string of the molecule is COc1ccc(N2CC[NH+]([C@@H](C)C(=O)N[C@@H]3CCS(=O)(=O)C3)CC2)cc1. The molecule has 26 heavy (non-hydrogen) atoms. The highest BCUT2D eigenvalue weighted by Gasteiger charge is 2.33. The van der Waals surface area contributed by atoms with Crippen molar-refractivity contribution in [3.8, 4) is 5.75 Å². The number of sulfone groups is 1. The molecular formula is C18H28N3O4S+. The molecule has 0 bridgehead atoms. The lowest BCUT2D eigenvalue weighted by atomic mass is 10.1. The van der Waals surface area contributed by atoms with Crippen LogP contribution in [0.3, 0.4) is 0 Å². The van der Waals surface area contributed by atoms with Crippen LogP contribution >= 0.6 is 0 Å². The monoisotopic (exact) mass is 382 g/mol. The van der Waals surface area contributed by atoms with E-state index in [1.165, 1.54) is 4.90 Å². The topological polar surface area (TPSA) is 80.2 Å². The molecule has 0 saturated carbocycles. The number of nitrogens with zero attached hydrogens (tertiary/aromatic N) is 1. The summed E-state index contributed by atoms with van der Waals surface area (Å²) in [5.74, 6) is 1.06. The van der Waals surface area contributed by atoms with E-state index in [-0.39, 0.29) is 29.5 Å². The molecule has 0 aliphatic carbocycles. The van der Waals surface area contributed by atoms with Gasteiger partial charge in [-0.3, -0.25) is 4.79 Å². The first kappa shape index (κ1) is 19.0. The molecule has 2 aliphatic heterocycles. The number of anilines is 1. The third-order valence-electron chi connectivity index (χ3n) is 5.43. The molecule has 0 radical (unpaired) electrons. The van der Waals surface area contributed by atoms with Gasteiger partial charge in [-0.25, -0.2) is 8.42 Å². The lowest BCUT2D eigenvalue weighted by Gasteiger charge is -2.36. The van der Waals surface area contributed by atoms with Gasteiger partial charge in [-0.1, -0.05) is 0 Å². The van der Waals surface area contributed by atoms with Crippen molar-refractivity contribution >= 4 is 21.4 Å². The van der Waals surface area contributed by atoms with Gasteiger partial charge in [0.25, 0.3) is 5.91 Å². The predicted octanol–water partition coefficient (Wildman–Crippen LogP) is -0.908. The van der Waals surface area contributed by atoms with Crippen molar-refractivity contribution in [2.24, 2.45) is 0 Å². The van der Waals surface area contributed by atoms with Crippen LogP contribution in [0.4, 0.5) is 5.69 Å². The number of quaternary nitrogens is 1. The summed E-state index contributed by atoms with van der Waals surface area (Å²) in [6.07, 6.45) is 0.529. The van der Waals surface area contributed by atoms with E-state index in [0.717, 1.165) is 37.6 Å². The second-order valence-corrected chi connectivity index (χ2v) is 9.40. The van der Waals surface area contributed by atoms with Crippen LogP contribution < -0.4 is 19.9 Å². The Morgan fingerprint density at radius 3 is 2.46 bits per heavy atom. The van der Waals surface area contributed by atoms with Gasteiger partial charge in [0, 0.05) is 11.7 Å². The normalized spacial score (nSPS) is 24.2. The summed E-state index contributed by atoms with van der Waals surface area (Å²) in [5.41, 5.74) is 1.16. The Bertz CT molecular complexity index is 727. The molecule has 1 aromatic carbocycles. The van der Waals surface area contributed by atoms with Gasteiger partial charge in [0.1, 0.15) is 5.75 Å². The van der Waals surface area contributed by atoms with Gasteiger partial charge in [-0.2, -0.15) is 0 Å². The predicted molar refractivity (Wildman–Crippen MR) is 101 cm³/mol. The Morgan fingerprint density at radius 1 is 1.27 bits per heavy atom. The molecule has 2 atom stereocenters. The largest absolute Gasteiger partial charge is 0.497 e.